The van der Waals surface area contributed by atoms with Gasteiger partial charge >= 0.3 is 0 Å². The van der Waals surface area contributed by atoms with Crippen LogP contribution in [0.15, 0.2) is 29.3 Å². The molecular weight excluding hydrogens is 372 g/mol. The van der Waals surface area contributed by atoms with Crippen LogP contribution in [0.2, 0.25) is 0 Å². The predicted octanol–water partition coefficient (Wildman–Crippen LogP) is 3.80. The summed E-state index contributed by atoms with van der Waals surface area (Å²) < 4.78 is 5.53. The van der Waals surface area contributed by atoms with Crippen molar-refractivity contribution in [2.24, 2.45) is 10.9 Å². The zero-order valence-corrected chi connectivity index (χ0v) is 19.3. The summed E-state index contributed by atoms with van der Waals surface area (Å²) in [6.45, 7) is 13.9. The summed E-state index contributed by atoms with van der Waals surface area (Å²) >= 11 is 0. The van der Waals surface area contributed by atoms with Crippen LogP contribution < -0.4 is 10.6 Å². The topological polar surface area (TPSA) is 48.9 Å². The van der Waals surface area contributed by atoms with Crippen LogP contribution in [-0.2, 0) is 11.2 Å². The Balaban J connectivity index is 1.37. The van der Waals surface area contributed by atoms with Crippen molar-refractivity contribution < 1.29 is 4.74 Å². The normalized spacial score (nSPS) is 21.3. The van der Waals surface area contributed by atoms with Crippen molar-refractivity contribution in [1.29, 1.82) is 0 Å². The largest absolute Gasteiger partial charge is 0.381 e. The second-order valence-electron chi connectivity index (χ2n) is 9.21. The van der Waals surface area contributed by atoms with Crippen molar-refractivity contribution >= 4 is 5.96 Å². The smallest absolute Gasteiger partial charge is 0.191 e. The lowest BCUT2D eigenvalue weighted by molar-refractivity contribution is 0.150. The maximum absolute atomic E-state index is 5.53. The lowest BCUT2D eigenvalue weighted by Crippen LogP contribution is -2.49. The molecule has 0 spiro atoms. The quantitative estimate of drug-likeness (QED) is 0.367. The molecule has 2 saturated heterocycles. The van der Waals surface area contributed by atoms with Gasteiger partial charge in [0, 0.05) is 45.4 Å². The number of hydrogen-bond donors (Lipinski definition) is 2. The standard InChI is InChI=1S/C25H42N4O/c1-4-26-25(27-14-5-6-21-7-9-23(10-8-21)20(2)3)28-24-11-15-29(16-12-24)18-22-13-17-30-19-22/h7-10,20,22,24H,4-6,11-19H2,1-3H3,(H2,26,27,28). The number of ether oxygens (including phenoxy) is 1. The monoisotopic (exact) mass is 414 g/mol. The van der Waals surface area contributed by atoms with Crippen molar-refractivity contribution in [3.8, 4) is 0 Å². The number of likely N-dealkylation sites (tertiary alicyclic amines) is 1. The molecule has 1 aromatic rings. The Labute approximate surface area is 183 Å². The van der Waals surface area contributed by atoms with Crippen LogP contribution in [-0.4, -0.2) is 62.8 Å². The Morgan fingerprint density at radius 2 is 1.93 bits per heavy atom. The van der Waals surface area contributed by atoms with Crippen molar-refractivity contribution in [1.82, 2.24) is 15.5 Å². The summed E-state index contributed by atoms with van der Waals surface area (Å²) in [5, 5.41) is 7.10. The number of aryl methyl sites for hydroxylation is 1. The third kappa shape index (κ3) is 7.59. The van der Waals surface area contributed by atoms with Gasteiger partial charge in [-0.15, -0.1) is 0 Å². The minimum Gasteiger partial charge on any atom is -0.381 e. The number of aliphatic imine (C=N–C) groups is 1. The molecule has 2 heterocycles. The van der Waals surface area contributed by atoms with Crippen molar-refractivity contribution in [3.05, 3.63) is 35.4 Å². The fourth-order valence-electron chi connectivity index (χ4n) is 4.41. The summed E-state index contributed by atoms with van der Waals surface area (Å²) in [5.74, 6) is 2.33. The molecule has 0 amide bonds. The van der Waals surface area contributed by atoms with Crippen LogP contribution in [0.5, 0.6) is 0 Å². The highest BCUT2D eigenvalue weighted by molar-refractivity contribution is 5.80. The summed E-state index contributed by atoms with van der Waals surface area (Å²) in [6.07, 6.45) is 5.79. The fraction of sp³-hybridized carbons (Fsp3) is 0.720. The van der Waals surface area contributed by atoms with Gasteiger partial charge in [0.2, 0.25) is 0 Å². The van der Waals surface area contributed by atoms with Gasteiger partial charge in [-0.3, -0.25) is 4.99 Å². The molecule has 1 atom stereocenters. The first-order valence-corrected chi connectivity index (χ1v) is 12.1. The van der Waals surface area contributed by atoms with Crippen LogP contribution >= 0.6 is 0 Å². The number of benzene rings is 1. The summed E-state index contributed by atoms with van der Waals surface area (Å²) in [6, 6.07) is 9.60. The third-order valence-corrected chi connectivity index (χ3v) is 6.35. The maximum atomic E-state index is 5.53. The molecule has 1 aromatic carbocycles. The molecule has 2 fully saturated rings. The molecule has 30 heavy (non-hydrogen) atoms. The summed E-state index contributed by atoms with van der Waals surface area (Å²) in [7, 11) is 0. The van der Waals surface area contributed by atoms with Crippen molar-refractivity contribution in [2.75, 3.05) is 45.9 Å². The third-order valence-electron chi connectivity index (χ3n) is 6.35. The van der Waals surface area contributed by atoms with Crippen molar-refractivity contribution in [2.45, 2.75) is 64.8 Å². The number of nitrogens with one attached hydrogen (secondary N) is 2. The summed E-state index contributed by atoms with van der Waals surface area (Å²) in [4.78, 5) is 7.45. The van der Waals surface area contributed by atoms with Gasteiger partial charge in [0.25, 0.3) is 0 Å². The first-order valence-electron chi connectivity index (χ1n) is 12.1. The van der Waals surface area contributed by atoms with E-state index in [9.17, 15) is 0 Å². The number of hydrogen-bond acceptors (Lipinski definition) is 3. The van der Waals surface area contributed by atoms with E-state index in [1.165, 1.54) is 50.0 Å². The molecule has 5 heteroatoms. The SMILES string of the molecule is CCNC(=NCCCc1ccc(C(C)C)cc1)NC1CCN(CC2CCOC2)CC1. The van der Waals surface area contributed by atoms with Gasteiger partial charge in [-0.1, -0.05) is 38.1 Å². The van der Waals surface area contributed by atoms with Crippen LogP contribution in [0.1, 0.15) is 63.5 Å². The molecule has 0 radical (unpaired) electrons. The van der Waals surface area contributed by atoms with E-state index in [4.69, 9.17) is 9.73 Å². The molecule has 1 unspecified atom stereocenters. The predicted molar refractivity (Wildman–Crippen MR) is 126 cm³/mol. The number of nitrogens with zero attached hydrogens (tertiary/aromatic N) is 2. The molecule has 2 aliphatic heterocycles. The average molecular weight is 415 g/mol. The highest BCUT2D eigenvalue weighted by Crippen LogP contribution is 2.18. The fourth-order valence-corrected chi connectivity index (χ4v) is 4.41. The number of rotatable bonds is 9. The lowest BCUT2D eigenvalue weighted by Gasteiger charge is -2.34. The van der Waals surface area contributed by atoms with E-state index in [1.54, 1.807) is 0 Å². The average Bonchev–Trinajstić information content (AvgIpc) is 3.26. The van der Waals surface area contributed by atoms with E-state index in [0.717, 1.165) is 51.0 Å². The van der Waals surface area contributed by atoms with Crippen LogP contribution in [0.25, 0.3) is 0 Å². The Kier molecular flexibility index (Phi) is 9.47. The Hall–Kier alpha value is -1.59. The number of guanidine groups is 1. The van der Waals surface area contributed by atoms with Gasteiger partial charge < -0.3 is 20.3 Å². The van der Waals surface area contributed by atoms with E-state index in [1.807, 2.05) is 0 Å². The van der Waals surface area contributed by atoms with Gasteiger partial charge in [0.05, 0.1) is 6.61 Å². The van der Waals surface area contributed by atoms with E-state index in [-0.39, 0.29) is 0 Å². The van der Waals surface area contributed by atoms with Gasteiger partial charge in [-0.05, 0) is 62.0 Å². The number of piperidine rings is 1. The highest BCUT2D eigenvalue weighted by atomic mass is 16.5. The minimum atomic E-state index is 0.530. The van der Waals surface area contributed by atoms with Crippen molar-refractivity contribution in [3.63, 3.8) is 0 Å². The first kappa shape index (κ1) is 23.1. The molecule has 0 saturated carbocycles. The molecule has 168 valence electrons. The Bertz CT molecular complexity index is 629. The second kappa shape index (κ2) is 12.3. The molecule has 0 aliphatic carbocycles. The molecule has 0 bridgehead atoms. The Morgan fingerprint density at radius 3 is 2.57 bits per heavy atom. The van der Waals surface area contributed by atoms with Gasteiger partial charge in [-0.2, -0.15) is 0 Å². The molecule has 2 N–H and O–H groups in total. The van der Waals surface area contributed by atoms with Gasteiger partial charge in [0.1, 0.15) is 0 Å². The maximum Gasteiger partial charge on any atom is 0.191 e. The van der Waals surface area contributed by atoms with Crippen LogP contribution in [0.3, 0.4) is 0 Å². The molecule has 3 rings (SSSR count). The van der Waals surface area contributed by atoms with E-state index in [0.29, 0.717) is 12.0 Å². The molecule has 5 nitrogen and oxygen atoms in total. The van der Waals surface area contributed by atoms with E-state index >= 15 is 0 Å². The van der Waals surface area contributed by atoms with E-state index in [2.05, 4.69) is 60.6 Å². The van der Waals surface area contributed by atoms with Crippen LogP contribution in [0, 0.1) is 5.92 Å². The molecule has 2 aliphatic rings. The highest BCUT2D eigenvalue weighted by Gasteiger charge is 2.24. The van der Waals surface area contributed by atoms with Crippen LogP contribution in [0.4, 0.5) is 0 Å². The minimum absolute atomic E-state index is 0.530. The molecule has 0 aromatic heterocycles. The Morgan fingerprint density at radius 1 is 1.17 bits per heavy atom. The van der Waals surface area contributed by atoms with E-state index < -0.39 is 0 Å². The first-order chi connectivity index (χ1) is 14.6. The van der Waals surface area contributed by atoms with Gasteiger partial charge in [0.15, 0.2) is 5.96 Å². The zero-order chi connectivity index (χ0) is 21.2. The lowest BCUT2D eigenvalue weighted by atomic mass is 10.0. The second-order valence-corrected chi connectivity index (χ2v) is 9.21. The van der Waals surface area contributed by atoms with Gasteiger partial charge in [-0.25, -0.2) is 0 Å². The summed E-state index contributed by atoms with van der Waals surface area (Å²) in [5.41, 5.74) is 2.82. The molecular formula is C25H42N4O. The zero-order valence-electron chi connectivity index (χ0n) is 19.3.